The van der Waals surface area contributed by atoms with Crippen molar-refractivity contribution in [2.45, 2.75) is 25.7 Å². The summed E-state index contributed by atoms with van der Waals surface area (Å²) in [6, 6.07) is 6.17. The molecule has 1 fully saturated rings. The maximum Gasteiger partial charge on any atom is 0.142 e. The fraction of sp³-hybridized carbons (Fsp3) is 0.500. The first-order chi connectivity index (χ1) is 8.24. The molecule has 3 heteroatoms. The molecule has 0 aliphatic carbocycles. The quantitative estimate of drug-likeness (QED) is 0.816. The third kappa shape index (κ3) is 2.72. The normalized spacial score (nSPS) is 18.2. The van der Waals surface area contributed by atoms with Gasteiger partial charge in [0.15, 0.2) is 0 Å². The summed E-state index contributed by atoms with van der Waals surface area (Å²) < 4.78 is 5.28. The largest absolute Gasteiger partial charge is 0.495 e. The number of nitrogens with two attached hydrogens (primary N) is 1. The Hall–Kier alpha value is -1.22. The van der Waals surface area contributed by atoms with Gasteiger partial charge < -0.3 is 10.5 Å². The Morgan fingerprint density at radius 2 is 2.06 bits per heavy atom. The number of piperidine rings is 1. The predicted molar refractivity (Wildman–Crippen MR) is 70.9 cm³/mol. The first-order valence-electron chi connectivity index (χ1n) is 6.21. The molecule has 2 rings (SSSR count). The molecule has 0 bridgehead atoms. The number of rotatable bonds is 3. The zero-order valence-electron chi connectivity index (χ0n) is 10.6. The Morgan fingerprint density at radius 1 is 1.35 bits per heavy atom. The summed E-state index contributed by atoms with van der Waals surface area (Å²) in [5.74, 6) is 1.44. The molecule has 1 aliphatic heterocycles. The minimum atomic E-state index is 0.640. The Labute approximate surface area is 104 Å². The molecule has 1 aromatic rings. The first kappa shape index (κ1) is 12.2. The van der Waals surface area contributed by atoms with Crippen LogP contribution in [0.1, 0.15) is 31.2 Å². The van der Waals surface area contributed by atoms with Crippen LogP contribution in [0.15, 0.2) is 18.2 Å². The van der Waals surface area contributed by atoms with Crippen LogP contribution in [0.2, 0.25) is 0 Å². The maximum absolute atomic E-state index is 5.83. The molecule has 1 saturated heterocycles. The SMILES string of the molecule is C[CH]N1CCC(c2ccc(N)c(OC)c2)CC1. The Kier molecular flexibility index (Phi) is 3.89. The second kappa shape index (κ2) is 5.41. The van der Waals surface area contributed by atoms with Gasteiger partial charge in [-0.3, -0.25) is 4.90 Å². The van der Waals surface area contributed by atoms with E-state index >= 15 is 0 Å². The molecule has 0 aromatic heterocycles. The number of hydrogen-bond acceptors (Lipinski definition) is 3. The molecule has 0 atom stereocenters. The van der Waals surface area contributed by atoms with Crippen LogP contribution in [0.4, 0.5) is 5.69 Å². The van der Waals surface area contributed by atoms with Gasteiger partial charge in [0.25, 0.3) is 0 Å². The van der Waals surface area contributed by atoms with Crippen molar-refractivity contribution in [2.75, 3.05) is 25.9 Å². The molecular formula is C14H21N2O. The van der Waals surface area contributed by atoms with Gasteiger partial charge in [-0.15, -0.1) is 0 Å². The number of benzene rings is 1. The van der Waals surface area contributed by atoms with E-state index in [1.165, 1.54) is 18.4 Å². The molecule has 1 heterocycles. The summed E-state index contributed by atoms with van der Waals surface area (Å²) in [6.07, 6.45) is 2.41. The average Bonchev–Trinajstić information content (AvgIpc) is 2.39. The van der Waals surface area contributed by atoms with Crippen molar-refractivity contribution in [2.24, 2.45) is 0 Å². The first-order valence-corrected chi connectivity index (χ1v) is 6.21. The smallest absolute Gasteiger partial charge is 0.142 e. The van der Waals surface area contributed by atoms with Crippen LogP contribution in [0.25, 0.3) is 0 Å². The molecule has 93 valence electrons. The average molecular weight is 233 g/mol. The van der Waals surface area contributed by atoms with E-state index < -0.39 is 0 Å². The van der Waals surface area contributed by atoms with E-state index in [0.29, 0.717) is 5.92 Å². The molecule has 1 aliphatic rings. The van der Waals surface area contributed by atoms with Crippen molar-refractivity contribution in [3.63, 3.8) is 0 Å². The van der Waals surface area contributed by atoms with Gasteiger partial charge >= 0.3 is 0 Å². The van der Waals surface area contributed by atoms with Crippen LogP contribution in [-0.4, -0.2) is 25.1 Å². The highest BCUT2D eigenvalue weighted by molar-refractivity contribution is 5.54. The van der Waals surface area contributed by atoms with E-state index in [1.54, 1.807) is 7.11 Å². The number of methoxy groups -OCH3 is 1. The van der Waals surface area contributed by atoms with Gasteiger partial charge in [-0.1, -0.05) is 6.07 Å². The van der Waals surface area contributed by atoms with Crippen LogP contribution in [0, 0.1) is 6.54 Å². The van der Waals surface area contributed by atoms with Crippen molar-refractivity contribution in [1.82, 2.24) is 4.90 Å². The minimum Gasteiger partial charge on any atom is -0.495 e. The molecule has 0 saturated carbocycles. The second-order valence-electron chi connectivity index (χ2n) is 4.57. The van der Waals surface area contributed by atoms with E-state index in [2.05, 4.69) is 30.5 Å². The van der Waals surface area contributed by atoms with Gasteiger partial charge in [0, 0.05) is 6.54 Å². The molecular weight excluding hydrogens is 212 g/mol. The van der Waals surface area contributed by atoms with Crippen LogP contribution < -0.4 is 10.5 Å². The molecule has 0 unspecified atom stereocenters. The van der Waals surface area contributed by atoms with E-state index in [9.17, 15) is 0 Å². The van der Waals surface area contributed by atoms with Gasteiger partial charge in [0.05, 0.1) is 12.8 Å². The minimum absolute atomic E-state index is 0.640. The lowest BCUT2D eigenvalue weighted by Crippen LogP contribution is -2.30. The molecule has 1 aromatic carbocycles. The van der Waals surface area contributed by atoms with E-state index in [-0.39, 0.29) is 0 Å². The fourth-order valence-corrected chi connectivity index (χ4v) is 2.47. The van der Waals surface area contributed by atoms with Crippen LogP contribution in [0.5, 0.6) is 5.75 Å². The van der Waals surface area contributed by atoms with E-state index in [1.807, 2.05) is 6.07 Å². The molecule has 2 N–H and O–H groups in total. The highest BCUT2D eigenvalue weighted by atomic mass is 16.5. The predicted octanol–water partition coefficient (Wildman–Crippen LogP) is 2.64. The summed E-state index contributed by atoms with van der Waals surface area (Å²) >= 11 is 0. The van der Waals surface area contributed by atoms with Crippen molar-refractivity contribution in [1.29, 1.82) is 0 Å². The number of anilines is 1. The summed E-state index contributed by atoms with van der Waals surface area (Å²) in [4.78, 5) is 2.38. The molecule has 1 radical (unpaired) electrons. The highest BCUT2D eigenvalue weighted by Crippen LogP contribution is 2.32. The third-order valence-corrected chi connectivity index (χ3v) is 3.62. The number of hydrogen-bond donors (Lipinski definition) is 1. The lowest BCUT2D eigenvalue weighted by molar-refractivity contribution is 0.258. The lowest BCUT2D eigenvalue weighted by atomic mass is 9.89. The second-order valence-corrected chi connectivity index (χ2v) is 4.57. The monoisotopic (exact) mass is 233 g/mol. The van der Waals surface area contributed by atoms with Gasteiger partial charge in [-0.25, -0.2) is 0 Å². The van der Waals surface area contributed by atoms with Crippen molar-refractivity contribution in [3.05, 3.63) is 30.3 Å². The van der Waals surface area contributed by atoms with Gasteiger partial charge in [0.2, 0.25) is 0 Å². The van der Waals surface area contributed by atoms with Crippen LogP contribution >= 0.6 is 0 Å². The molecule has 17 heavy (non-hydrogen) atoms. The van der Waals surface area contributed by atoms with Gasteiger partial charge in [-0.05, 0) is 56.5 Å². The van der Waals surface area contributed by atoms with Gasteiger partial charge in [-0.2, -0.15) is 0 Å². The zero-order valence-corrected chi connectivity index (χ0v) is 10.6. The van der Waals surface area contributed by atoms with Gasteiger partial charge in [0.1, 0.15) is 5.75 Å². The number of likely N-dealkylation sites (tertiary alicyclic amines) is 1. The molecule has 3 nitrogen and oxygen atoms in total. The van der Waals surface area contributed by atoms with Crippen molar-refractivity contribution >= 4 is 5.69 Å². The van der Waals surface area contributed by atoms with Crippen molar-refractivity contribution in [3.8, 4) is 5.75 Å². The molecule has 0 spiro atoms. The summed E-state index contributed by atoms with van der Waals surface area (Å²) in [6.45, 7) is 6.58. The molecule has 0 amide bonds. The standard InChI is InChI=1S/C14H21N2O/c1-3-16-8-6-11(7-9-16)12-4-5-13(15)14(10-12)17-2/h3-5,10-11H,6-9,15H2,1-2H3. The zero-order chi connectivity index (χ0) is 12.3. The Morgan fingerprint density at radius 3 is 2.65 bits per heavy atom. The number of ether oxygens (including phenoxy) is 1. The third-order valence-electron chi connectivity index (χ3n) is 3.62. The summed E-state index contributed by atoms with van der Waals surface area (Å²) in [5.41, 5.74) is 7.91. The summed E-state index contributed by atoms with van der Waals surface area (Å²) in [7, 11) is 1.67. The maximum atomic E-state index is 5.83. The Bertz CT molecular complexity index is 370. The number of nitrogen functional groups attached to an aromatic ring is 1. The summed E-state index contributed by atoms with van der Waals surface area (Å²) in [5, 5.41) is 0. The van der Waals surface area contributed by atoms with E-state index in [4.69, 9.17) is 10.5 Å². The lowest BCUT2D eigenvalue weighted by Gasteiger charge is -2.31. The fourth-order valence-electron chi connectivity index (χ4n) is 2.47. The topological polar surface area (TPSA) is 38.5 Å². The Balaban J connectivity index is 2.08. The highest BCUT2D eigenvalue weighted by Gasteiger charge is 2.20. The van der Waals surface area contributed by atoms with Crippen LogP contribution in [0.3, 0.4) is 0 Å². The van der Waals surface area contributed by atoms with Crippen molar-refractivity contribution < 1.29 is 4.74 Å². The number of nitrogens with zero attached hydrogens (tertiary/aromatic N) is 1. The van der Waals surface area contributed by atoms with E-state index in [0.717, 1.165) is 24.5 Å². The van der Waals surface area contributed by atoms with Crippen LogP contribution in [-0.2, 0) is 0 Å².